The number of anilines is 1. The summed E-state index contributed by atoms with van der Waals surface area (Å²) in [7, 11) is 1.58. The number of aliphatic hydroxyl groups is 1. The van der Waals surface area contributed by atoms with Crippen LogP contribution < -0.4 is 14.4 Å². The normalized spacial score (nSPS) is 17.2. The fraction of sp³-hybridized carbons (Fsp3) is 0.154. The van der Waals surface area contributed by atoms with Gasteiger partial charge < -0.3 is 14.6 Å². The van der Waals surface area contributed by atoms with Crippen molar-refractivity contribution in [2.24, 2.45) is 0 Å². The van der Waals surface area contributed by atoms with Crippen LogP contribution in [0.3, 0.4) is 0 Å². The molecule has 0 aliphatic carbocycles. The van der Waals surface area contributed by atoms with Crippen LogP contribution in [0.15, 0.2) is 72.6 Å². The molecule has 9 heteroatoms. The van der Waals surface area contributed by atoms with E-state index in [0.717, 1.165) is 4.70 Å². The number of aliphatic hydroxyl groups excluding tert-OH is 1. The van der Waals surface area contributed by atoms with Crippen molar-refractivity contribution in [1.82, 2.24) is 9.97 Å². The molecule has 1 atom stereocenters. The van der Waals surface area contributed by atoms with Gasteiger partial charge in [-0.3, -0.25) is 19.5 Å². The van der Waals surface area contributed by atoms with Gasteiger partial charge in [0.15, 0.2) is 5.13 Å². The van der Waals surface area contributed by atoms with Gasteiger partial charge in [0.1, 0.15) is 17.3 Å². The third-order valence-corrected chi connectivity index (χ3v) is 6.69. The summed E-state index contributed by atoms with van der Waals surface area (Å²) < 4.78 is 11.8. The van der Waals surface area contributed by atoms with Crippen molar-refractivity contribution in [2.75, 3.05) is 18.6 Å². The summed E-state index contributed by atoms with van der Waals surface area (Å²) in [5.74, 6) is -0.578. The van der Waals surface area contributed by atoms with E-state index in [0.29, 0.717) is 39.9 Å². The summed E-state index contributed by atoms with van der Waals surface area (Å²) >= 11 is 1.27. The molecular formula is C26H21N3O5S. The van der Waals surface area contributed by atoms with E-state index >= 15 is 0 Å². The van der Waals surface area contributed by atoms with E-state index in [-0.39, 0.29) is 11.3 Å². The second-order valence-electron chi connectivity index (χ2n) is 7.74. The van der Waals surface area contributed by atoms with Gasteiger partial charge >= 0.3 is 5.91 Å². The summed E-state index contributed by atoms with van der Waals surface area (Å²) in [5, 5.41) is 11.5. The zero-order valence-electron chi connectivity index (χ0n) is 19.0. The molecule has 4 aromatic rings. The monoisotopic (exact) mass is 487 g/mol. The number of amides is 1. The molecule has 176 valence electrons. The number of hydrogen-bond donors (Lipinski definition) is 1. The molecule has 3 heterocycles. The number of methoxy groups -OCH3 is 1. The fourth-order valence-electron chi connectivity index (χ4n) is 4.07. The van der Waals surface area contributed by atoms with Gasteiger partial charge in [-0.25, -0.2) is 4.98 Å². The van der Waals surface area contributed by atoms with Gasteiger partial charge in [0, 0.05) is 18.0 Å². The first-order chi connectivity index (χ1) is 17.0. The molecule has 0 radical (unpaired) electrons. The Morgan fingerprint density at radius 3 is 2.63 bits per heavy atom. The first-order valence-corrected chi connectivity index (χ1v) is 11.7. The van der Waals surface area contributed by atoms with Crippen LogP contribution in [0.2, 0.25) is 0 Å². The zero-order chi connectivity index (χ0) is 24.5. The van der Waals surface area contributed by atoms with Crippen molar-refractivity contribution in [2.45, 2.75) is 13.0 Å². The van der Waals surface area contributed by atoms with Gasteiger partial charge in [0.25, 0.3) is 5.78 Å². The molecule has 0 saturated carbocycles. The number of fused-ring (bicyclic) bond motifs is 1. The molecule has 0 bridgehead atoms. The molecule has 2 aromatic heterocycles. The highest BCUT2D eigenvalue weighted by Gasteiger charge is 2.48. The van der Waals surface area contributed by atoms with Gasteiger partial charge in [-0.15, -0.1) is 0 Å². The third kappa shape index (κ3) is 4.00. The maximum Gasteiger partial charge on any atom is 0.301 e. The van der Waals surface area contributed by atoms with Gasteiger partial charge in [-0.05, 0) is 55.0 Å². The van der Waals surface area contributed by atoms with Crippen LogP contribution in [0.1, 0.15) is 24.1 Å². The molecule has 1 amide bonds. The molecule has 0 spiro atoms. The Balaban J connectivity index is 1.72. The second-order valence-corrected chi connectivity index (χ2v) is 8.75. The SMILES string of the molecule is CCOc1cccc(C2C(=C(O)c3ccncc3)C(=O)C(=O)N2c2nc3ccc(OC)cc3s2)c1. The lowest BCUT2D eigenvalue weighted by Crippen LogP contribution is -2.29. The van der Waals surface area contributed by atoms with E-state index in [9.17, 15) is 14.7 Å². The molecule has 5 rings (SSSR count). The summed E-state index contributed by atoms with van der Waals surface area (Å²) in [6.07, 6.45) is 3.02. The van der Waals surface area contributed by atoms with E-state index in [2.05, 4.69) is 9.97 Å². The van der Waals surface area contributed by atoms with Crippen LogP contribution in [-0.2, 0) is 9.59 Å². The molecule has 1 aliphatic rings. The lowest BCUT2D eigenvalue weighted by Gasteiger charge is -2.23. The predicted molar refractivity (Wildman–Crippen MR) is 133 cm³/mol. The Labute approximate surface area is 205 Å². The van der Waals surface area contributed by atoms with Gasteiger partial charge in [-0.1, -0.05) is 23.5 Å². The highest BCUT2D eigenvalue weighted by Crippen LogP contribution is 2.45. The van der Waals surface area contributed by atoms with E-state index in [1.54, 1.807) is 55.6 Å². The summed E-state index contributed by atoms with van der Waals surface area (Å²) in [6, 6.07) is 14.8. The Morgan fingerprint density at radius 2 is 1.89 bits per heavy atom. The number of ketones is 1. The van der Waals surface area contributed by atoms with Crippen molar-refractivity contribution in [3.63, 3.8) is 0 Å². The number of Topliss-reactive ketones (excluding diaryl/α,β-unsaturated/α-hetero) is 1. The average molecular weight is 488 g/mol. The number of nitrogens with zero attached hydrogens (tertiary/aromatic N) is 3. The highest BCUT2D eigenvalue weighted by atomic mass is 32.1. The standard InChI is InChI=1S/C26H21N3O5S/c1-3-34-18-6-4-5-16(13-18)22-21(23(30)15-9-11-27-12-10-15)24(31)25(32)29(22)26-28-19-8-7-17(33-2)14-20(19)35-26/h4-14,22,30H,3H2,1-2H3. The first kappa shape index (κ1) is 22.5. The fourth-order valence-corrected chi connectivity index (χ4v) is 5.10. The predicted octanol–water partition coefficient (Wildman–Crippen LogP) is 4.72. The topological polar surface area (TPSA) is 102 Å². The van der Waals surface area contributed by atoms with Crippen LogP contribution in [-0.4, -0.2) is 40.5 Å². The van der Waals surface area contributed by atoms with E-state index in [1.165, 1.54) is 28.6 Å². The average Bonchev–Trinajstić information content (AvgIpc) is 3.42. The quantitative estimate of drug-likeness (QED) is 0.238. The summed E-state index contributed by atoms with van der Waals surface area (Å²) in [4.78, 5) is 36.6. The largest absolute Gasteiger partial charge is 0.507 e. The molecule has 8 nitrogen and oxygen atoms in total. The number of aromatic nitrogens is 2. The second kappa shape index (κ2) is 9.19. The molecule has 2 aromatic carbocycles. The number of rotatable bonds is 6. The van der Waals surface area contributed by atoms with Crippen molar-refractivity contribution in [3.05, 3.63) is 83.7 Å². The maximum absolute atomic E-state index is 13.4. The van der Waals surface area contributed by atoms with Crippen LogP contribution in [0, 0.1) is 0 Å². The molecule has 35 heavy (non-hydrogen) atoms. The lowest BCUT2D eigenvalue weighted by atomic mass is 9.95. The smallest absolute Gasteiger partial charge is 0.301 e. The number of pyridine rings is 1. The number of hydrogen-bond acceptors (Lipinski definition) is 8. The number of carbonyl (C=O) groups excluding carboxylic acids is 2. The van der Waals surface area contributed by atoms with E-state index in [4.69, 9.17) is 9.47 Å². The van der Waals surface area contributed by atoms with Crippen molar-refractivity contribution >= 4 is 44.1 Å². The Kier molecular flexibility index (Phi) is 5.92. The molecule has 1 N–H and O–H groups in total. The third-order valence-electron chi connectivity index (χ3n) is 5.67. The summed E-state index contributed by atoms with van der Waals surface area (Å²) in [6.45, 7) is 2.33. The number of ether oxygens (including phenoxy) is 2. The Morgan fingerprint density at radius 1 is 1.09 bits per heavy atom. The number of carbonyl (C=O) groups is 2. The summed E-state index contributed by atoms with van der Waals surface area (Å²) in [5.41, 5.74) is 1.65. The van der Waals surface area contributed by atoms with E-state index < -0.39 is 17.7 Å². The lowest BCUT2D eigenvalue weighted by molar-refractivity contribution is -0.132. The minimum atomic E-state index is -0.897. The van der Waals surface area contributed by atoms with Crippen LogP contribution in [0.5, 0.6) is 11.5 Å². The molecular weight excluding hydrogens is 466 g/mol. The van der Waals surface area contributed by atoms with Gasteiger partial charge in [0.2, 0.25) is 0 Å². The Hall–Kier alpha value is -4.24. The van der Waals surface area contributed by atoms with Crippen LogP contribution >= 0.6 is 11.3 Å². The van der Waals surface area contributed by atoms with Crippen LogP contribution in [0.4, 0.5) is 5.13 Å². The van der Waals surface area contributed by atoms with E-state index in [1.807, 2.05) is 13.0 Å². The molecule has 1 unspecified atom stereocenters. The van der Waals surface area contributed by atoms with Crippen molar-refractivity contribution in [1.29, 1.82) is 0 Å². The number of thiazole rings is 1. The molecule has 1 fully saturated rings. The first-order valence-electron chi connectivity index (χ1n) is 10.9. The maximum atomic E-state index is 13.4. The molecule has 1 aliphatic heterocycles. The highest BCUT2D eigenvalue weighted by molar-refractivity contribution is 7.22. The zero-order valence-corrected chi connectivity index (χ0v) is 19.8. The van der Waals surface area contributed by atoms with Crippen molar-refractivity contribution < 1.29 is 24.2 Å². The Bertz CT molecular complexity index is 1460. The van der Waals surface area contributed by atoms with Gasteiger partial charge in [-0.2, -0.15) is 0 Å². The molecule has 1 saturated heterocycles. The minimum absolute atomic E-state index is 0.0216. The van der Waals surface area contributed by atoms with Gasteiger partial charge in [0.05, 0.1) is 35.5 Å². The van der Waals surface area contributed by atoms with Crippen molar-refractivity contribution in [3.8, 4) is 11.5 Å². The minimum Gasteiger partial charge on any atom is -0.507 e. The van der Waals surface area contributed by atoms with Crippen LogP contribution in [0.25, 0.3) is 16.0 Å². The number of benzene rings is 2.